The van der Waals surface area contributed by atoms with Crippen molar-refractivity contribution in [3.8, 4) is 40.8 Å². The van der Waals surface area contributed by atoms with Crippen LogP contribution in [-0.4, -0.2) is 72.2 Å². The highest BCUT2D eigenvalue weighted by atomic mass is 35.5. The van der Waals surface area contributed by atoms with Crippen LogP contribution in [0.4, 0.5) is 0 Å². The Morgan fingerprint density at radius 3 is 2.03 bits per heavy atom. The molecular weight excluding hydrogens is 1020 g/mol. The second kappa shape index (κ2) is 20.5. The molecule has 3 fully saturated rings. The zero-order chi connectivity index (χ0) is 50.0. The quantitative estimate of drug-likeness (QED) is 0.0672. The van der Waals surface area contributed by atoms with Crippen molar-refractivity contribution in [1.29, 1.82) is 10.5 Å². The first-order chi connectivity index (χ1) is 33.3. The maximum Gasteiger partial charge on any atom is 0.163 e. The number of nitrogens with zero attached hydrogens (tertiary/aromatic N) is 6. The Bertz CT molecular complexity index is 3490. The summed E-state index contributed by atoms with van der Waals surface area (Å²) in [6.07, 6.45) is 12.0. The highest BCUT2D eigenvalue weighted by molar-refractivity contribution is 7.90. The van der Waals surface area contributed by atoms with Crippen molar-refractivity contribution >= 4 is 87.9 Å². The Kier molecular flexibility index (Phi) is 14.8. The summed E-state index contributed by atoms with van der Waals surface area (Å²) in [5.74, 6) is 1.82. The molecule has 3 heterocycles. The number of alkyl halides is 1. The fourth-order valence-electron chi connectivity index (χ4n) is 9.28. The molecule has 4 aromatic carbocycles. The van der Waals surface area contributed by atoms with Gasteiger partial charge in [-0.2, -0.15) is 10.5 Å². The van der Waals surface area contributed by atoms with Gasteiger partial charge in [-0.3, -0.25) is 0 Å². The van der Waals surface area contributed by atoms with Crippen LogP contribution in [0, 0.1) is 28.1 Å². The third-order valence-electron chi connectivity index (χ3n) is 11.9. The van der Waals surface area contributed by atoms with E-state index in [2.05, 4.69) is 45.6 Å². The summed E-state index contributed by atoms with van der Waals surface area (Å²) < 4.78 is 67.1. The first-order valence-electron chi connectivity index (χ1n) is 21.7. The number of fused-ring (bicyclic) bond motifs is 2. The van der Waals surface area contributed by atoms with Gasteiger partial charge in [0.25, 0.3) is 0 Å². The molecule has 0 atom stereocenters. The molecule has 7 aromatic rings. The molecule has 0 spiro atoms. The van der Waals surface area contributed by atoms with Crippen LogP contribution < -0.4 is 19.5 Å². The van der Waals surface area contributed by atoms with E-state index in [-0.39, 0.29) is 52.1 Å². The molecule has 70 heavy (non-hydrogen) atoms. The molecule has 1 N–H and O–H groups in total. The molecule has 2 bridgehead atoms. The lowest BCUT2D eigenvalue weighted by molar-refractivity contribution is -0.138. The van der Waals surface area contributed by atoms with Crippen molar-refractivity contribution in [3.05, 3.63) is 147 Å². The van der Waals surface area contributed by atoms with Crippen molar-refractivity contribution in [1.82, 2.24) is 24.4 Å². The van der Waals surface area contributed by atoms with Gasteiger partial charge in [-0.1, -0.05) is 40.9 Å². The van der Waals surface area contributed by atoms with Gasteiger partial charge in [0.1, 0.15) is 58.8 Å². The lowest BCUT2D eigenvalue weighted by Crippen LogP contribution is -2.75. The Labute approximate surface area is 425 Å². The van der Waals surface area contributed by atoms with Gasteiger partial charge >= 0.3 is 0 Å². The molecule has 3 aliphatic rings. The Balaban J connectivity index is 0.000000188. The summed E-state index contributed by atoms with van der Waals surface area (Å²) in [6, 6.07) is 28.7. The highest BCUT2D eigenvalue weighted by Gasteiger charge is 2.68. The van der Waals surface area contributed by atoms with Gasteiger partial charge in [-0.15, -0.1) is 11.6 Å². The smallest absolute Gasteiger partial charge is 0.163 e. The number of aromatic nitrogens is 4. The molecule has 3 saturated carbocycles. The van der Waals surface area contributed by atoms with Crippen LogP contribution in [-0.2, 0) is 38.6 Å². The minimum atomic E-state index is -3.23. The number of nitriles is 2. The van der Waals surface area contributed by atoms with Crippen LogP contribution >= 0.6 is 46.4 Å². The maximum atomic E-state index is 11.6. The van der Waals surface area contributed by atoms with E-state index in [0.717, 1.165) is 59.6 Å². The summed E-state index contributed by atoms with van der Waals surface area (Å²) in [7, 11) is -6.16. The number of ether oxygens (including phenoxy) is 3. The number of nitrogens with one attached hydrogen (secondary N) is 1. The van der Waals surface area contributed by atoms with Crippen LogP contribution in [0.25, 0.3) is 33.2 Å². The standard InChI is InChI=1S/C25H20Cl2N4O4S.C25H25Cl2N3O3S/c1-16(26)13-35-25-18(12-28)9-20(11-22(25)27)31-8-6-17-10-21(3-4-23(17)31)34-14-19-5-7-29-24(30-19)15-36(2,32)33;1-34(31,32)16-24-13-25(14-24,15-24)29-12-17-2-3-22-18(8-17)4-6-30(22)20-9-19(11-28)23(21(27)10-20)33-7-5-26/h3-11,13H,14-15H2,1-2H3;2-4,6,8-10,29H,5,7,12-16H2,1H3/b16-13-;. The normalized spacial score (nSPS) is 17.4. The van der Waals surface area contributed by atoms with E-state index in [0.29, 0.717) is 50.1 Å². The lowest BCUT2D eigenvalue weighted by atomic mass is 9.40. The third-order valence-corrected chi connectivity index (χ3v) is 14.6. The number of sulfone groups is 2. The zero-order valence-electron chi connectivity index (χ0n) is 38.0. The van der Waals surface area contributed by atoms with Crippen LogP contribution in [0.3, 0.4) is 0 Å². The molecule has 14 nitrogen and oxygen atoms in total. The number of benzene rings is 4. The van der Waals surface area contributed by atoms with E-state index in [1.165, 1.54) is 24.3 Å². The third kappa shape index (κ3) is 11.7. The summed E-state index contributed by atoms with van der Waals surface area (Å²) in [5.41, 5.74) is 5.86. The molecule has 0 unspecified atom stereocenters. The molecule has 0 amide bonds. The van der Waals surface area contributed by atoms with Crippen molar-refractivity contribution in [2.75, 3.05) is 30.8 Å². The average Bonchev–Trinajstić information content (AvgIpc) is 3.91. The van der Waals surface area contributed by atoms with E-state index in [9.17, 15) is 27.4 Å². The van der Waals surface area contributed by atoms with Gasteiger partial charge < -0.3 is 28.7 Å². The van der Waals surface area contributed by atoms with Gasteiger partial charge in [0, 0.05) is 65.3 Å². The van der Waals surface area contributed by atoms with Crippen molar-refractivity contribution in [3.63, 3.8) is 0 Å². The van der Waals surface area contributed by atoms with Gasteiger partial charge in [-0.25, -0.2) is 26.8 Å². The van der Waals surface area contributed by atoms with Crippen molar-refractivity contribution in [2.24, 2.45) is 5.41 Å². The molecule has 0 radical (unpaired) electrons. The Morgan fingerprint density at radius 1 is 0.814 bits per heavy atom. The van der Waals surface area contributed by atoms with E-state index in [4.69, 9.17) is 60.6 Å². The summed E-state index contributed by atoms with van der Waals surface area (Å²) in [5, 5.41) is 25.9. The van der Waals surface area contributed by atoms with E-state index >= 15 is 0 Å². The molecule has 0 saturated heterocycles. The Morgan fingerprint density at radius 2 is 1.43 bits per heavy atom. The van der Waals surface area contributed by atoms with Crippen LogP contribution in [0.5, 0.6) is 17.2 Å². The molecule has 0 aliphatic heterocycles. The lowest BCUT2D eigenvalue weighted by Gasteiger charge is -2.71. The Hall–Kier alpha value is -5.82. The molecule has 10 rings (SSSR count). The summed E-state index contributed by atoms with van der Waals surface area (Å²) >= 11 is 24.4. The number of halogens is 4. The van der Waals surface area contributed by atoms with Gasteiger partial charge in [0.2, 0.25) is 0 Å². The second-order valence-electron chi connectivity index (χ2n) is 17.7. The summed E-state index contributed by atoms with van der Waals surface area (Å²) in [4.78, 5) is 8.25. The van der Waals surface area contributed by atoms with E-state index in [1.54, 1.807) is 37.3 Å². The second-order valence-corrected chi connectivity index (χ2v) is 23.8. The zero-order valence-corrected chi connectivity index (χ0v) is 42.7. The molecule has 362 valence electrons. The van der Waals surface area contributed by atoms with Crippen LogP contribution in [0.2, 0.25) is 10.0 Å². The van der Waals surface area contributed by atoms with Gasteiger partial charge in [0.05, 0.1) is 54.6 Å². The number of rotatable bonds is 17. The molecular formula is C50H45Cl4N7O7S2. The first kappa shape index (κ1) is 50.6. The van der Waals surface area contributed by atoms with E-state index in [1.807, 2.05) is 51.9 Å². The predicted molar refractivity (Wildman–Crippen MR) is 273 cm³/mol. The largest absolute Gasteiger partial charge is 0.489 e. The minimum Gasteiger partial charge on any atom is -0.489 e. The maximum absolute atomic E-state index is 11.6. The summed E-state index contributed by atoms with van der Waals surface area (Å²) in [6.45, 7) is 2.83. The molecule has 3 aliphatic carbocycles. The monoisotopic (exact) mass is 1060 g/mol. The fourth-order valence-corrected chi connectivity index (χ4v) is 12.0. The minimum absolute atomic E-state index is 0.00979. The van der Waals surface area contributed by atoms with Gasteiger partial charge in [-0.05, 0) is 110 Å². The number of hydrogen-bond acceptors (Lipinski definition) is 12. The topological polar surface area (TPSA) is 191 Å². The van der Waals surface area contributed by atoms with E-state index < -0.39 is 19.7 Å². The van der Waals surface area contributed by atoms with Crippen LogP contribution in [0.15, 0.2) is 109 Å². The molecule has 20 heteroatoms. The van der Waals surface area contributed by atoms with Gasteiger partial charge in [0.15, 0.2) is 21.3 Å². The van der Waals surface area contributed by atoms with Crippen molar-refractivity contribution in [2.45, 2.75) is 50.6 Å². The fraction of sp³-hybridized carbons (Fsp3) is 0.280. The number of hydrogen-bond donors (Lipinski definition) is 1. The average molecular weight is 1060 g/mol. The first-order valence-corrected chi connectivity index (χ1v) is 27.5. The molecule has 3 aromatic heterocycles. The SMILES string of the molecule is C/C(Cl)=C/Oc1c(Cl)cc(-n2ccc3cc(OCc4ccnc(CS(C)(=O)=O)n4)ccc32)cc1C#N.CS(=O)(=O)CC12CC(NCc3ccc4c(ccn4-c4cc(Cl)c(OCCCl)c(C#N)c4)c3)(C1)C2. The van der Waals surface area contributed by atoms with Crippen LogP contribution in [0.1, 0.15) is 54.4 Å². The van der Waals surface area contributed by atoms with Crippen molar-refractivity contribution < 1.29 is 31.0 Å². The predicted octanol–water partition coefficient (Wildman–Crippen LogP) is 10.4. The highest BCUT2D eigenvalue weighted by Crippen LogP contribution is 2.67. The number of allylic oxidation sites excluding steroid dienone is 1.